The Bertz CT molecular complexity index is 493. The van der Waals surface area contributed by atoms with Crippen LogP contribution in [0.15, 0.2) is 29.4 Å². The van der Waals surface area contributed by atoms with E-state index in [1.165, 1.54) is 18.9 Å². The fourth-order valence-corrected chi connectivity index (χ4v) is 2.20. The molecule has 1 aromatic heterocycles. The number of imidazole rings is 1. The highest BCUT2D eigenvalue weighted by Gasteiger charge is 2.14. The normalized spacial score (nSPS) is 12.6. The number of fused-ring (bicyclic) bond motifs is 1. The van der Waals surface area contributed by atoms with Crippen LogP contribution in [0.2, 0.25) is 0 Å². The predicted octanol–water partition coefficient (Wildman–Crippen LogP) is 1.16. The molecule has 0 aliphatic heterocycles. The van der Waals surface area contributed by atoms with Gasteiger partial charge in [0.2, 0.25) is 0 Å². The molecule has 2 aromatic rings. The molecule has 3 N–H and O–H groups in total. The molecule has 0 spiro atoms. The minimum absolute atomic E-state index is 0.409. The minimum atomic E-state index is -0.627. The topological polar surface area (TPSA) is 81.0 Å². The number of aromatic amines is 1. The number of rotatable bonds is 4. The third-order valence-corrected chi connectivity index (χ3v) is 3.26. The van der Waals surface area contributed by atoms with Crippen LogP contribution in [0.1, 0.15) is 0 Å². The Morgan fingerprint density at radius 1 is 1.59 bits per heavy atom. The lowest BCUT2D eigenvalue weighted by Gasteiger charge is -2.06. The fraction of sp³-hybridized carbons (Fsp3) is 0.273. The van der Waals surface area contributed by atoms with Crippen LogP contribution in [0.5, 0.6) is 0 Å². The first kappa shape index (κ1) is 11.9. The number of ether oxygens (including phenoxy) is 1. The lowest BCUT2D eigenvalue weighted by atomic mass is 10.3. The maximum Gasteiger partial charge on any atom is 0.323 e. The number of nitrogens with one attached hydrogen (secondary N) is 1. The van der Waals surface area contributed by atoms with Crippen molar-refractivity contribution in [3.05, 3.63) is 24.3 Å². The van der Waals surface area contributed by atoms with E-state index in [4.69, 9.17) is 5.73 Å². The number of H-pyrrole nitrogens is 1. The number of para-hydroxylation sites is 2. The number of hydrogen-bond donors (Lipinski definition) is 2. The van der Waals surface area contributed by atoms with Gasteiger partial charge in [0, 0.05) is 5.75 Å². The Balaban J connectivity index is 2.01. The summed E-state index contributed by atoms with van der Waals surface area (Å²) in [5.74, 6) is 0.0283. The number of carbonyl (C=O) groups is 1. The van der Waals surface area contributed by atoms with Crippen molar-refractivity contribution in [3.8, 4) is 0 Å². The first-order valence-electron chi connectivity index (χ1n) is 5.11. The van der Waals surface area contributed by atoms with Crippen molar-refractivity contribution in [2.24, 2.45) is 5.73 Å². The van der Waals surface area contributed by atoms with Gasteiger partial charge in [-0.15, -0.1) is 0 Å². The molecule has 0 saturated carbocycles. The third kappa shape index (κ3) is 2.78. The van der Waals surface area contributed by atoms with Crippen LogP contribution in [0.3, 0.4) is 0 Å². The van der Waals surface area contributed by atoms with Gasteiger partial charge in [-0.2, -0.15) is 0 Å². The summed E-state index contributed by atoms with van der Waals surface area (Å²) < 4.78 is 4.55. The van der Waals surface area contributed by atoms with E-state index in [0.29, 0.717) is 5.75 Å². The molecule has 0 aliphatic rings. The van der Waals surface area contributed by atoms with Crippen molar-refractivity contribution in [1.82, 2.24) is 9.97 Å². The average molecular weight is 251 g/mol. The van der Waals surface area contributed by atoms with E-state index in [-0.39, 0.29) is 0 Å². The first-order valence-corrected chi connectivity index (χ1v) is 6.10. The molecule has 0 aliphatic carbocycles. The molecule has 5 nitrogen and oxygen atoms in total. The number of nitrogens with two attached hydrogens (primary N) is 1. The van der Waals surface area contributed by atoms with Gasteiger partial charge in [-0.1, -0.05) is 23.9 Å². The molecule has 1 atom stereocenters. The van der Waals surface area contributed by atoms with Crippen LogP contribution in [-0.4, -0.2) is 34.8 Å². The number of aromatic nitrogens is 2. The smallest absolute Gasteiger partial charge is 0.323 e. The molecule has 0 fully saturated rings. The summed E-state index contributed by atoms with van der Waals surface area (Å²) in [7, 11) is 1.33. The summed E-state index contributed by atoms with van der Waals surface area (Å²) in [6.07, 6.45) is 0. The van der Waals surface area contributed by atoms with Crippen molar-refractivity contribution in [2.45, 2.75) is 11.2 Å². The zero-order valence-corrected chi connectivity index (χ0v) is 10.2. The summed E-state index contributed by atoms with van der Waals surface area (Å²) in [6.45, 7) is 0. The van der Waals surface area contributed by atoms with Gasteiger partial charge in [-0.3, -0.25) is 4.79 Å². The second-order valence-electron chi connectivity index (χ2n) is 3.50. The number of thioether (sulfide) groups is 1. The largest absolute Gasteiger partial charge is 0.468 e. The number of carbonyl (C=O) groups excluding carboxylic acids is 1. The molecule has 0 bridgehead atoms. The van der Waals surface area contributed by atoms with E-state index in [0.717, 1.165) is 16.2 Å². The van der Waals surface area contributed by atoms with Crippen LogP contribution in [0, 0.1) is 0 Å². The Hall–Kier alpha value is -1.53. The quantitative estimate of drug-likeness (QED) is 0.629. The molecule has 2 rings (SSSR count). The van der Waals surface area contributed by atoms with Gasteiger partial charge in [0.15, 0.2) is 5.16 Å². The van der Waals surface area contributed by atoms with Crippen LogP contribution in [-0.2, 0) is 9.53 Å². The first-order chi connectivity index (χ1) is 8.20. The molecular formula is C11H13N3O2S. The number of benzene rings is 1. The van der Waals surface area contributed by atoms with Crippen molar-refractivity contribution in [1.29, 1.82) is 0 Å². The molecule has 1 heterocycles. The molecule has 17 heavy (non-hydrogen) atoms. The van der Waals surface area contributed by atoms with Crippen LogP contribution in [0.4, 0.5) is 0 Å². The minimum Gasteiger partial charge on any atom is -0.468 e. The van der Waals surface area contributed by atoms with E-state index in [1.54, 1.807) is 0 Å². The van der Waals surface area contributed by atoms with Crippen LogP contribution < -0.4 is 5.73 Å². The van der Waals surface area contributed by atoms with Gasteiger partial charge in [0.25, 0.3) is 0 Å². The average Bonchev–Trinajstić information content (AvgIpc) is 2.77. The monoisotopic (exact) mass is 251 g/mol. The van der Waals surface area contributed by atoms with Gasteiger partial charge < -0.3 is 15.5 Å². The Morgan fingerprint density at radius 2 is 2.35 bits per heavy atom. The highest BCUT2D eigenvalue weighted by Crippen LogP contribution is 2.19. The molecule has 0 radical (unpaired) electrons. The van der Waals surface area contributed by atoms with E-state index in [1.807, 2.05) is 24.3 Å². The zero-order valence-electron chi connectivity index (χ0n) is 9.34. The molecule has 6 heteroatoms. The molecule has 1 unspecified atom stereocenters. The lowest BCUT2D eigenvalue weighted by Crippen LogP contribution is -2.33. The molecule has 1 aromatic carbocycles. The van der Waals surface area contributed by atoms with Crippen LogP contribution >= 0.6 is 11.8 Å². The number of nitrogens with zero attached hydrogens (tertiary/aromatic N) is 1. The predicted molar refractivity (Wildman–Crippen MR) is 66.8 cm³/mol. The van der Waals surface area contributed by atoms with Crippen LogP contribution in [0.25, 0.3) is 11.0 Å². The fourth-order valence-electron chi connectivity index (χ4n) is 1.39. The number of esters is 1. The van der Waals surface area contributed by atoms with Gasteiger partial charge >= 0.3 is 5.97 Å². The zero-order chi connectivity index (χ0) is 12.3. The molecule has 0 saturated heterocycles. The lowest BCUT2D eigenvalue weighted by molar-refractivity contribution is -0.141. The Labute approximate surface area is 103 Å². The summed E-state index contributed by atoms with van der Waals surface area (Å²) in [6, 6.07) is 7.12. The van der Waals surface area contributed by atoms with E-state index < -0.39 is 12.0 Å². The standard InChI is InChI=1S/C11H13N3O2S/c1-16-10(15)7(12)6-17-11-13-8-4-2-3-5-9(8)14-11/h2-5,7H,6,12H2,1H3,(H,13,14). The van der Waals surface area contributed by atoms with Gasteiger partial charge in [-0.25, -0.2) is 4.98 Å². The molecule has 90 valence electrons. The second kappa shape index (κ2) is 5.20. The van der Waals surface area contributed by atoms with Crippen molar-refractivity contribution < 1.29 is 9.53 Å². The molecular weight excluding hydrogens is 238 g/mol. The van der Waals surface area contributed by atoms with Crippen molar-refractivity contribution in [3.63, 3.8) is 0 Å². The van der Waals surface area contributed by atoms with Crippen molar-refractivity contribution >= 4 is 28.8 Å². The summed E-state index contributed by atoms with van der Waals surface area (Å²) in [4.78, 5) is 18.6. The van der Waals surface area contributed by atoms with E-state index >= 15 is 0 Å². The number of hydrogen-bond acceptors (Lipinski definition) is 5. The number of methoxy groups -OCH3 is 1. The summed E-state index contributed by atoms with van der Waals surface area (Å²) >= 11 is 1.41. The Kier molecular flexibility index (Phi) is 3.65. The summed E-state index contributed by atoms with van der Waals surface area (Å²) in [5, 5.41) is 0.755. The van der Waals surface area contributed by atoms with Gasteiger partial charge in [0.1, 0.15) is 6.04 Å². The highest BCUT2D eigenvalue weighted by molar-refractivity contribution is 7.99. The van der Waals surface area contributed by atoms with E-state index in [9.17, 15) is 4.79 Å². The second-order valence-corrected chi connectivity index (χ2v) is 4.51. The third-order valence-electron chi connectivity index (χ3n) is 2.27. The van der Waals surface area contributed by atoms with E-state index in [2.05, 4.69) is 14.7 Å². The molecule has 0 amide bonds. The highest BCUT2D eigenvalue weighted by atomic mass is 32.2. The Morgan fingerprint density at radius 3 is 3.06 bits per heavy atom. The SMILES string of the molecule is COC(=O)C(N)CSc1nc2ccccc2[nH]1. The van der Waals surface area contributed by atoms with Gasteiger partial charge in [0.05, 0.1) is 18.1 Å². The van der Waals surface area contributed by atoms with Gasteiger partial charge in [-0.05, 0) is 12.1 Å². The van der Waals surface area contributed by atoms with Crippen molar-refractivity contribution in [2.75, 3.05) is 12.9 Å². The maximum absolute atomic E-state index is 11.1. The summed E-state index contributed by atoms with van der Waals surface area (Å²) in [5.41, 5.74) is 7.51. The maximum atomic E-state index is 11.1.